The van der Waals surface area contributed by atoms with E-state index in [4.69, 9.17) is 11.6 Å². The van der Waals surface area contributed by atoms with Gasteiger partial charge in [-0.05, 0) is 23.1 Å². The monoisotopic (exact) mass is 447 g/mol. The lowest BCUT2D eigenvalue weighted by Crippen LogP contribution is -2.31. The van der Waals surface area contributed by atoms with Crippen LogP contribution in [0.25, 0.3) is 10.8 Å². The highest BCUT2D eigenvalue weighted by Gasteiger charge is 2.31. The summed E-state index contributed by atoms with van der Waals surface area (Å²) in [6.07, 6.45) is 0.138. The summed E-state index contributed by atoms with van der Waals surface area (Å²) in [5.41, 5.74) is 1.87. The number of amides is 2. The number of nitriles is 1. The summed E-state index contributed by atoms with van der Waals surface area (Å²) in [6, 6.07) is 22.9. The summed E-state index contributed by atoms with van der Waals surface area (Å²) in [5.74, 6) is -0.809. The van der Waals surface area contributed by atoms with Crippen molar-refractivity contribution in [1.82, 2.24) is 5.32 Å². The second-order valence-corrected chi connectivity index (χ2v) is 8.44. The number of nitrogens with one attached hydrogen (secondary N) is 2. The van der Waals surface area contributed by atoms with Crippen molar-refractivity contribution < 1.29 is 9.59 Å². The molecule has 1 heterocycles. The molecule has 4 rings (SSSR count). The first-order valence-corrected chi connectivity index (χ1v) is 11.0. The second-order valence-electron chi connectivity index (χ2n) is 7.04. The summed E-state index contributed by atoms with van der Waals surface area (Å²) in [6.45, 7) is 0. The summed E-state index contributed by atoms with van der Waals surface area (Å²) in [5, 5.41) is 18.3. The number of rotatable bonds is 5. The van der Waals surface area contributed by atoms with E-state index < -0.39 is 5.92 Å². The van der Waals surface area contributed by atoms with Crippen LogP contribution in [0.1, 0.15) is 17.9 Å². The molecule has 31 heavy (non-hydrogen) atoms. The maximum atomic E-state index is 12.6. The van der Waals surface area contributed by atoms with E-state index in [0.717, 1.165) is 33.8 Å². The molecule has 0 spiro atoms. The van der Waals surface area contributed by atoms with Gasteiger partial charge >= 0.3 is 0 Å². The molecule has 1 aliphatic heterocycles. The maximum absolute atomic E-state index is 12.6. The second kappa shape index (κ2) is 9.25. The van der Waals surface area contributed by atoms with Crippen LogP contribution in [0, 0.1) is 11.3 Å². The Balaban J connectivity index is 1.53. The molecule has 1 aliphatic rings. The van der Waals surface area contributed by atoms with E-state index in [-0.39, 0.29) is 24.0 Å². The van der Waals surface area contributed by atoms with Crippen LogP contribution in [0.5, 0.6) is 0 Å². The van der Waals surface area contributed by atoms with E-state index in [9.17, 15) is 14.9 Å². The maximum Gasteiger partial charge on any atom is 0.234 e. The van der Waals surface area contributed by atoms with E-state index in [0.29, 0.717) is 15.6 Å². The zero-order chi connectivity index (χ0) is 21.8. The van der Waals surface area contributed by atoms with Gasteiger partial charge in [-0.15, -0.1) is 0 Å². The molecule has 0 saturated heterocycles. The van der Waals surface area contributed by atoms with Crippen LogP contribution in [0.4, 0.5) is 5.69 Å². The third-order valence-electron chi connectivity index (χ3n) is 5.05. The first-order valence-electron chi connectivity index (χ1n) is 9.66. The van der Waals surface area contributed by atoms with Crippen LogP contribution < -0.4 is 10.6 Å². The van der Waals surface area contributed by atoms with Crippen molar-refractivity contribution in [2.75, 3.05) is 11.1 Å². The fraction of sp³-hybridized carbons (Fsp3) is 0.125. The molecular weight excluding hydrogens is 430 g/mol. The molecule has 0 unspecified atom stereocenters. The highest BCUT2D eigenvalue weighted by molar-refractivity contribution is 8.03. The molecule has 0 aromatic heterocycles. The lowest BCUT2D eigenvalue weighted by atomic mass is 9.87. The molecule has 0 aliphatic carbocycles. The van der Waals surface area contributed by atoms with Crippen molar-refractivity contribution >= 4 is 51.6 Å². The van der Waals surface area contributed by atoms with Crippen LogP contribution in [-0.4, -0.2) is 17.6 Å². The standard InChI is InChI=1S/C24H18ClN3O2S/c25-20-10-4-3-9-17(20)18-12-22(29)28-24(19(18)13-26)31-14-23(30)27-21-11-5-7-15-6-1-2-8-16(15)21/h1-11,18H,12,14H2,(H,27,30)(H,28,29)/t18-/m1/s1. The number of allylic oxidation sites excluding steroid dienone is 1. The van der Waals surface area contributed by atoms with Gasteiger partial charge in [0.2, 0.25) is 11.8 Å². The van der Waals surface area contributed by atoms with Crippen LogP contribution in [0.2, 0.25) is 5.02 Å². The third kappa shape index (κ3) is 4.58. The van der Waals surface area contributed by atoms with Crippen molar-refractivity contribution in [3.63, 3.8) is 0 Å². The number of carbonyl (C=O) groups excluding carboxylic acids is 2. The molecule has 0 fully saturated rings. The van der Waals surface area contributed by atoms with Crippen LogP contribution >= 0.6 is 23.4 Å². The fourth-order valence-corrected chi connectivity index (χ4v) is 4.76. The Labute approximate surface area is 189 Å². The number of halogens is 1. The number of carbonyl (C=O) groups is 2. The molecule has 0 radical (unpaired) electrons. The van der Waals surface area contributed by atoms with Gasteiger partial charge in [0.1, 0.15) is 0 Å². The molecule has 2 amide bonds. The average Bonchev–Trinajstić information content (AvgIpc) is 2.78. The molecule has 3 aromatic carbocycles. The van der Waals surface area contributed by atoms with Gasteiger partial charge in [-0.1, -0.05) is 78.0 Å². The van der Waals surface area contributed by atoms with Crippen LogP contribution in [0.15, 0.2) is 77.3 Å². The Morgan fingerprint density at radius 2 is 1.87 bits per heavy atom. The zero-order valence-electron chi connectivity index (χ0n) is 16.4. The number of fused-ring (bicyclic) bond motifs is 1. The highest BCUT2D eigenvalue weighted by atomic mass is 35.5. The molecule has 5 nitrogen and oxygen atoms in total. The van der Waals surface area contributed by atoms with Gasteiger partial charge in [0, 0.05) is 28.4 Å². The Hall–Kier alpha value is -3.27. The Kier molecular flexibility index (Phi) is 6.26. The van der Waals surface area contributed by atoms with E-state index in [1.165, 1.54) is 0 Å². The molecule has 2 N–H and O–H groups in total. The number of benzene rings is 3. The first-order chi connectivity index (χ1) is 15.1. The van der Waals surface area contributed by atoms with Gasteiger partial charge in [-0.25, -0.2) is 0 Å². The third-order valence-corrected chi connectivity index (χ3v) is 6.41. The van der Waals surface area contributed by atoms with Crippen molar-refractivity contribution in [3.8, 4) is 6.07 Å². The lowest BCUT2D eigenvalue weighted by Gasteiger charge is -2.25. The molecule has 3 aromatic rings. The van der Waals surface area contributed by atoms with Crippen molar-refractivity contribution in [2.45, 2.75) is 12.3 Å². The number of hydrogen-bond donors (Lipinski definition) is 2. The van der Waals surface area contributed by atoms with Crippen molar-refractivity contribution in [1.29, 1.82) is 5.26 Å². The van der Waals surface area contributed by atoms with E-state index in [1.807, 2.05) is 54.6 Å². The summed E-state index contributed by atoms with van der Waals surface area (Å²) < 4.78 is 0. The zero-order valence-corrected chi connectivity index (χ0v) is 18.0. The summed E-state index contributed by atoms with van der Waals surface area (Å²) in [7, 11) is 0. The summed E-state index contributed by atoms with van der Waals surface area (Å²) in [4.78, 5) is 24.9. The van der Waals surface area contributed by atoms with Crippen molar-refractivity contribution in [3.05, 3.63) is 87.9 Å². The van der Waals surface area contributed by atoms with E-state index >= 15 is 0 Å². The van der Waals surface area contributed by atoms with E-state index in [1.54, 1.807) is 12.1 Å². The minimum absolute atomic E-state index is 0.0548. The molecule has 7 heteroatoms. The molecule has 154 valence electrons. The topological polar surface area (TPSA) is 82.0 Å². The summed E-state index contributed by atoms with van der Waals surface area (Å²) >= 11 is 7.45. The Bertz CT molecular complexity index is 1240. The molecule has 0 bridgehead atoms. The SMILES string of the molecule is N#CC1=C(SCC(=O)Nc2cccc3ccccc23)NC(=O)C[C@@H]1c1ccccc1Cl. The minimum Gasteiger partial charge on any atom is -0.325 e. The number of nitrogens with zero attached hydrogens (tertiary/aromatic N) is 1. The van der Waals surface area contributed by atoms with Gasteiger partial charge < -0.3 is 10.6 Å². The van der Waals surface area contributed by atoms with Crippen LogP contribution in [0.3, 0.4) is 0 Å². The molecule has 1 atom stereocenters. The number of anilines is 1. The van der Waals surface area contributed by atoms with Crippen LogP contribution in [-0.2, 0) is 9.59 Å². The smallest absolute Gasteiger partial charge is 0.234 e. The predicted molar refractivity (Wildman–Crippen MR) is 125 cm³/mol. The predicted octanol–water partition coefficient (Wildman–Crippen LogP) is 5.20. The number of hydrogen-bond acceptors (Lipinski definition) is 4. The van der Waals surface area contributed by atoms with Gasteiger partial charge in [0.25, 0.3) is 0 Å². The average molecular weight is 448 g/mol. The first kappa shape index (κ1) is 21.0. The lowest BCUT2D eigenvalue weighted by molar-refractivity contribution is -0.121. The van der Waals surface area contributed by atoms with Gasteiger partial charge in [-0.2, -0.15) is 5.26 Å². The molecule has 0 saturated carbocycles. The number of thioether (sulfide) groups is 1. The van der Waals surface area contributed by atoms with Gasteiger partial charge in [0.05, 0.1) is 22.4 Å². The highest BCUT2D eigenvalue weighted by Crippen LogP contribution is 2.38. The normalized spacial score (nSPS) is 16.0. The van der Waals surface area contributed by atoms with Gasteiger partial charge in [-0.3, -0.25) is 9.59 Å². The van der Waals surface area contributed by atoms with Crippen molar-refractivity contribution in [2.24, 2.45) is 0 Å². The fourth-order valence-electron chi connectivity index (χ4n) is 3.61. The largest absolute Gasteiger partial charge is 0.325 e. The molecular formula is C24H18ClN3O2S. The quantitative estimate of drug-likeness (QED) is 0.563. The Morgan fingerprint density at radius 1 is 1.13 bits per heavy atom. The minimum atomic E-state index is -0.434. The van der Waals surface area contributed by atoms with E-state index in [2.05, 4.69) is 16.7 Å². The van der Waals surface area contributed by atoms with Gasteiger partial charge in [0.15, 0.2) is 0 Å². The Morgan fingerprint density at radius 3 is 2.68 bits per heavy atom.